The van der Waals surface area contributed by atoms with Crippen molar-refractivity contribution in [3.63, 3.8) is 0 Å². The molecule has 14 heavy (non-hydrogen) atoms. The number of hydrogen-bond acceptors (Lipinski definition) is 0. The highest BCUT2D eigenvalue weighted by Crippen LogP contribution is 2.42. The minimum absolute atomic E-state index is 0.958. The van der Waals surface area contributed by atoms with Crippen molar-refractivity contribution in [3.8, 4) is 0 Å². The summed E-state index contributed by atoms with van der Waals surface area (Å²) in [5, 5.41) is 0. The second-order valence-corrected chi connectivity index (χ2v) is 4.15. The third-order valence-corrected chi connectivity index (χ3v) is 3.38. The Bertz CT molecular complexity index is 204. The number of allylic oxidation sites excluding steroid dienone is 4. The van der Waals surface area contributed by atoms with E-state index in [-0.39, 0.29) is 0 Å². The van der Waals surface area contributed by atoms with E-state index >= 15 is 0 Å². The Labute approximate surface area is 89.1 Å². The maximum absolute atomic E-state index is 2.35. The minimum atomic E-state index is 0.958. The van der Waals surface area contributed by atoms with Crippen LogP contribution >= 0.6 is 0 Å². The van der Waals surface area contributed by atoms with Gasteiger partial charge in [0.2, 0.25) is 0 Å². The largest absolute Gasteiger partial charge is 0.0842 e. The first-order chi connectivity index (χ1) is 6.90. The van der Waals surface area contributed by atoms with Gasteiger partial charge < -0.3 is 0 Å². The molecule has 0 aromatic carbocycles. The van der Waals surface area contributed by atoms with Crippen molar-refractivity contribution < 1.29 is 0 Å². The number of rotatable bonds is 2. The average Bonchev–Trinajstić information content (AvgIpc) is 2.21. The zero-order chi connectivity index (χ0) is 10.4. The van der Waals surface area contributed by atoms with Crippen LogP contribution in [-0.4, -0.2) is 0 Å². The zero-order valence-electron chi connectivity index (χ0n) is 9.92. The Morgan fingerprint density at radius 1 is 1.29 bits per heavy atom. The standard InChI is InChI=1S/C12H18.C2H6/c1-2-10-8-12(9-10)11-6-4-3-5-7-11;1-2/h3-4,6,10,12H,2,5,7-9H2,1H3;1-2H3. The molecule has 2 rings (SSSR count). The molecule has 0 spiro atoms. The van der Waals surface area contributed by atoms with Crippen molar-refractivity contribution in [2.45, 2.75) is 52.9 Å². The second kappa shape index (κ2) is 6.06. The Kier molecular flexibility index (Phi) is 5.00. The van der Waals surface area contributed by atoms with Gasteiger partial charge in [-0.15, -0.1) is 0 Å². The van der Waals surface area contributed by atoms with Gasteiger partial charge in [-0.3, -0.25) is 0 Å². The fraction of sp³-hybridized carbons (Fsp3) is 0.714. The molecule has 0 nitrogen and oxygen atoms in total. The average molecular weight is 192 g/mol. The molecule has 0 bridgehead atoms. The monoisotopic (exact) mass is 192 g/mol. The third kappa shape index (κ3) is 2.73. The third-order valence-electron chi connectivity index (χ3n) is 3.38. The van der Waals surface area contributed by atoms with Crippen molar-refractivity contribution in [2.24, 2.45) is 11.8 Å². The molecule has 0 radical (unpaired) electrons. The highest BCUT2D eigenvalue weighted by Gasteiger charge is 2.29. The van der Waals surface area contributed by atoms with Crippen LogP contribution in [-0.2, 0) is 0 Å². The zero-order valence-corrected chi connectivity index (χ0v) is 9.92. The maximum atomic E-state index is 2.35. The summed E-state index contributed by atoms with van der Waals surface area (Å²) in [6.07, 6.45) is 13.8. The van der Waals surface area contributed by atoms with Gasteiger partial charge >= 0.3 is 0 Å². The van der Waals surface area contributed by atoms with Gasteiger partial charge in [-0.2, -0.15) is 0 Å². The lowest BCUT2D eigenvalue weighted by Gasteiger charge is -2.37. The summed E-state index contributed by atoms with van der Waals surface area (Å²) in [5.41, 5.74) is 1.72. The molecule has 2 aliphatic carbocycles. The predicted octanol–water partition coefficient (Wildman–Crippen LogP) is 4.73. The van der Waals surface area contributed by atoms with E-state index in [2.05, 4.69) is 25.2 Å². The molecular weight excluding hydrogens is 168 g/mol. The van der Waals surface area contributed by atoms with Crippen molar-refractivity contribution in [1.29, 1.82) is 0 Å². The molecule has 80 valence electrons. The summed E-state index contributed by atoms with van der Waals surface area (Å²) >= 11 is 0. The normalized spacial score (nSPS) is 29.8. The quantitative estimate of drug-likeness (QED) is 0.593. The van der Waals surface area contributed by atoms with E-state index in [9.17, 15) is 0 Å². The molecule has 0 amide bonds. The Balaban J connectivity index is 0.000000461. The lowest BCUT2D eigenvalue weighted by Crippen LogP contribution is -2.24. The molecular formula is C14H24. The molecule has 1 saturated carbocycles. The smallest absolute Gasteiger partial charge is 0.0195 e. The van der Waals surface area contributed by atoms with Crippen LogP contribution in [0.4, 0.5) is 0 Å². The van der Waals surface area contributed by atoms with Crippen LogP contribution in [0.2, 0.25) is 0 Å². The van der Waals surface area contributed by atoms with Crippen molar-refractivity contribution in [1.82, 2.24) is 0 Å². The highest BCUT2D eigenvalue weighted by atomic mass is 14.3. The topological polar surface area (TPSA) is 0 Å². The SMILES string of the molecule is CC.CCC1CC(C2=CC=CCC2)C1. The van der Waals surface area contributed by atoms with Gasteiger partial charge in [-0.1, -0.05) is 51.0 Å². The van der Waals surface area contributed by atoms with Crippen LogP contribution in [0.25, 0.3) is 0 Å². The molecule has 0 N–H and O–H groups in total. The van der Waals surface area contributed by atoms with Crippen LogP contribution in [0, 0.1) is 11.8 Å². The first-order valence-corrected chi connectivity index (χ1v) is 6.25. The summed E-state index contributed by atoms with van der Waals surface area (Å²) < 4.78 is 0. The second-order valence-electron chi connectivity index (χ2n) is 4.15. The Morgan fingerprint density at radius 3 is 2.50 bits per heavy atom. The van der Waals surface area contributed by atoms with Crippen molar-refractivity contribution >= 4 is 0 Å². The summed E-state index contributed by atoms with van der Waals surface area (Å²) in [5.74, 6) is 2.00. The lowest BCUT2D eigenvalue weighted by atomic mass is 9.68. The van der Waals surface area contributed by atoms with E-state index in [1.54, 1.807) is 5.57 Å². The van der Waals surface area contributed by atoms with Gasteiger partial charge in [-0.05, 0) is 37.5 Å². The van der Waals surface area contributed by atoms with Gasteiger partial charge in [0.05, 0.1) is 0 Å². The van der Waals surface area contributed by atoms with E-state index in [4.69, 9.17) is 0 Å². The number of hydrogen-bond donors (Lipinski definition) is 0. The van der Waals surface area contributed by atoms with Gasteiger partial charge in [0.15, 0.2) is 0 Å². The first-order valence-electron chi connectivity index (χ1n) is 6.25. The van der Waals surface area contributed by atoms with Crippen LogP contribution in [0.1, 0.15) is 52.9 Å². The van der Waals surface area contributed by atoms with Gasteiger partial charge in [0.1, 0.15) is 0 Å². The summed E-state index contributed by atoms with van der Waals surface area (Å²) in [6.45, 7) is 6.32. The first kappa shape index (κ1) is 11.6. The van der Waals surface area contributed by atoms with E-state index in [1.807, 2.05) is 13.8 Å². The van der Waals surface area contributed by atoms with Crippen LogP contribution in [0.3, 0.4) is 0 Å². The Morgan fingerprint density at radius 2 is 2.00 bits per heavy atom. The van der Waals surface area contributed by atoms with E-state index in [0.717, 1.165) is 11.8 Å². The van der Waals surface area contributed by atoms with E-state index in [1.165, 1.54) is 32.1 Å². The molecule has 0 aliphatic heterocycles. The molecule has 0 heteroatoms. The van der Waals surface area contributed by atoms with Gasteiger partial charge in [-0.25, -0.2) is 0 Å². The molecule has 0 aromatic heterocycles. The van der Waals surface area contributed by atoms with Gasteiger partial charge in [0.25, 0.3) is 0 Å². The molecule has 2 aliphatic rings. The highest BCUT2D eigenvalue weighted by molar-refractivity contribution is 5.21. The van der Waals surface area contributed by atoms with Crippen molar-refractivity contribution in [3.05, 3.63) is 23.8 Å². The molecule has 0 heterocycles. The fourth-order valence-electron chi connectivity index (χ4n) is 2.33. The molecule has 0 atom stereocenters. The van der Waals surface area contributed by atoms with E-state index in [0.29, 0.717) is 0 Å². The van der Waals surface area contributed by atoms with Crippen molar-refractivity contribution in [2.75, 3.05) is 0 Å². The predicted molar refractivity (Wildman–Crippen MR) is 64.3 cm³/mol. The minimum Gasteiger partial charge on any atom is -0.0842 e. The molecule has 0 saturated heterocycles. The van der Waals surface area contributed by atoms with Crippen LogP contribution < -0.4 is 0 Å². The summed E-state index contributed by atoms with van der Waals surface area (Å²) in [4.78, 5) is 0. The molecule has 1 fully saturated rings. The summed E-state index contributed by atoms with van der Waals surface area (Å²) in [6, 6.07) is 0. The maximum Gasteiger partial charge on any atom is -0.0195 e. The summed E-state index contributed by atoms with van der Waals surface area (Å²) in [7, 11) is 0. The van der Waals surface area contributed by atoms with Gasteiger partial charge in [0, 0.05) is 0 Å². The van der Waals surface area contributed by atoms with Crippen LogP contribution in [0.15, 0.2) is 23.8 Å². The lowest BCUT2D eigenvalue weighted by molar-refractivity contribution is 0.217. The molecule has 0 aromatic rings. The van der Waals surface area contributed by atoms with Crippen LogP contribution in [0.5, 0.6) is 0 Å². The van der Waals surface area contributed by atoms with E-state index < -0.39 is 0 Å². The molecule has 0 unspecified atom stereocenters. The fourth-order valence-corrected chi connectivity index (χ4v) is 2.33. The Hall–Kier alpha value is -0.520.